The van der Waals surface area contributed by atoms with Gasteiger partial charge in [0, 0.05) is 5.56 Å². The van der Waals surface area contributed by atoms with E-state index in [0.717, 1.165) is 0 Å². The first-order chi connectivity index (χ1) is 6.98. The number of aromatic nitrogens is 2. The van der Waals surface area contributed by atoms with Crippen LogP contribution in [-0.2, 0) is 11.6 Å². The Kier molecular flexibility index (Phi) is 2.86. The van der Waals surface area contributed by atoms with Crippen molar-refractivity contribution in [1.29, 1.82) is 0 Å². The van der Waals surface area contributed by atoms with Crippen molar-refractivity contribution >= 4 is 0 Å². The monoisotopic (exact) mass is 234 g/mol. The van der Waals surface area contributed by atoms with E-state index in [1.165, 1.54) is 6.20 Å². The van der Waals surface area contributed by atoms with E-state index in [1.807, 2.05) is 25.9 Å². The van der Waals surface area contributed by atoms with E-state index in [-0.39, 0.29) is 11.0 Å². The molecule has 0 bridgehead atoms. The minimum Gasteiger partial charge on any atom is -0.273 e. The van der Waals surface area contributed by atoms with E-state index in [2.05, 4.69) is 5.10 Å². The number of aromatic amines is 1. The summed E-state index contributed by atoms with van der Waals surface area (Å²) < 4.78 is 38.2. The first kappa shape index (κ1) is 13.1. The van der Waals surface area contributed by atoms with E-state index in [9.17, 15) is 13.2 Å². The van der Waals surface area contributed by atoms with E-state index < -0.39 is 17.3 Å². The van der Waals surface area contributed by atoms with Gasteiger partial charge in [0.15, 0.2) is 0 Å². The highest BCUT2D eigenvalue weighted by molar-refractivity contribution is 5.29. The fourth-order valence-electron chi connectivity index (χ4n) is 1.38. The smallest absolute Gasteiger partial charge is 0.273 e. The van der Waals surface area contributed by atoms with E-state index in [0.29, 0.717) is 0 Å². The topological polar surface area (TPSA) is 28.7 Å². The third kappa shape index (κ3) is 2.08. The molecule has 92 valence electrons. The van der Waals surface area contributed by atoms with Crippen LogP contribution < -0.4 is 0 Å². The van der Waals surface area contributed by atoms with Crippen LogP contribution in [0.25, 0.3) is 0 Å². The maximum absolute atomic E-state index is 12.7. The standard InChI is InChI=1S/C11H17F3N2/c1-9(2,3)10(4,5)7-6-15-16-8(7)11(12,13)14/h6H,1-5H3,(H,15,16). The van der Waals surface area contributed by atoms with Gasteiger partial charge >= 0.3 is 6.18 Å². The van der Waals surface area contributed by atoms with Gasteiger partial charge in [-0.1, -0.05) is 34.6 Å². The molecule has 1 heterocycles. The molecule has 1 aromatic rings. The average Bonchev–Trinajstić information content (AvgIpc) is 2.47. The molecule has 1 N–H and O–H groups in total. The predicted molar refractivity (Wildman–Crippen MR) is 56.1 cm³/mol. The van der Waals surface area contributed by atoms with Crippen LogP contribution in [0.3, 0.4) is 0 Å². The summed E-state index contributed by atoms with van der Waals surface area (Å²) in [5.74, 6) is 0. The van der Waals surface area contributed by atoms with Crippen molar-refractivity contribution in [2.75, 3.05) is 0 Å². The van der Waals surface area contributed by atoms with Gasteiger partial charge in [-0.2, -0.15) is 18.3 Å². The van der Waals surface area contributed by atoms with Crippen molar-refractivity contribution in [1.82, 2.24) is 10.2 Å². The zero-order valence-electron chi connectivity index (χ0n) is 10.2. The molecule has 0 amide bonds. The van der Waals surface area contributed by atoms with Crippen LogP contribution in [0.4, 0.5) is 13.2 Å². The number of H-pyrrole nitrogens is 1. The van der Waals surface area contributed by atoms with Crippen LogP contribution in [0.1, 0.15) is 45.9 Å². The van der Waals surface area contributed by atoms with Crippen LogP contribution in [0.2, 0.25) is 0 Å². The lowest BCUT2D eigenvalue weighted by atomic mass is 9.65. The molecule has 0 fully saturated rings. The largest absolute Gasteiger partial charge is 0.433 e. The second kappa shape index (κ2) is 3.50. The lowest BCUT2D eigenvalue weighted by Crippen LogP contribution is -2.35. The highest BCUT2D eigenvalue weighted by atomic mass is 19.4. The van der Waals surface area contributed by atoms with Gasteiger partial charge in [0.2, 0.25) is 0 Å². The molecule has 1 aromatic heterocycles. The number of rotatable bonds is 1. The van der Waals surface area contributed by atoms with Gasteiger partial charge in [0.1, 0.15) is 5.69 Å². The van der Waals surface area contributed by atoms with E-state index >= 15 is 0 Å². The van der Waals surface area contributed by atoms with Crippen LogP contribution in [-0.4, -0.2) is 10.2 Å². The third-order valence-electron chi connectivity index (χ3n) is 3.47. The third-order valence-corrected chi connectivity index (χ3v) is 3.47. The molecular weight excluding hydrogens is 217 g/mol. The fourth-order valence-corrected chi connectivity index (χ4v) is 1.38. The molecule has 0 radical (unpaired) electrons. The lowest BCUT2D eigenvalue weighted by molar-refractivity contribution is -0.142. The van der Waals surface area contributed by atoms with Crippen LogP contribution in [0.5, 0.6) is 0 Å². The SMILES string of the molecule is CC(C)(C)C(C)(C)c1cn[nH]c1C(F)(F)F. The summed E-state index contributed by atoms with van der Waals surface area (Å²) in [6.07, 6.45) is -3.11. The van der Waals surface area contributed by atoms with Gasteiger partial charge in [0.05, 0.1) is 6.20 Å². The van der Waals surface area contributed by atoms with E-state index in [4.69, 9.17) is 0 Å². The predicted octanol–water partition coefficient (Wildman–Crippen LogP) is 3.75. The van der Waals surface area contributed by atoms with Crippen molar-refractivity contribution in [2.45, 2.75) is 46.2 Å². The molecule has 5 heteroatoms. The summed E-state index contributed by atoms with van der Waals surface area (Å²) in [6.45, 7) is 9.35. The first-order valence-corrected chi connectivity index (χ1v) is 5.09. The number of alkyl halides is 3. The molecule has 2 nitrogen and oxygen atoms in total. The zero-order valence-corrected chi connectivity index (χ0v) is 10.2. The number of hydrogen-bond acceptors (Lipinski definition) is 1. The summed E-state index contributed by atoms with van der Waals surface area (Å²) >= 11 is 0. The first-order valence-electron chi connectivity index (χ1n) is 5.09. The molecule has 0 atom stereocenters. The van der Waals surface area contributed by atoms with Crippen molar-refractivity contribution in [3.63, 3.8) is 0 Å². The minimum absolute atomic E-state index is 0.215. The molecule has 16 heavy (non-hydrogen) atoms. The Morgan fingerprint density at radius 3 is 1.94 bits per heavy atom. The van der Waals surface area contributed by atoms with Gasteiger partial charge in [-0.25, -0.2) is 0 Å². The van der Waals surface area contributed by atoms with Crippen LogP contribution >= 0.6 is 0 Å². The Hall–Kier alpha value is -1.00. The van der Waals surface area contributed by atoms with Crippen molar-refractivity contribution in [3.05, 3.63) is 17.5 Å². The van der Waals surface area contributed by atoms with Crippen LogP contribution in [0.15, 0.2) is 6.20 Å². The summed E-state index contributed by atoms with van der Waals surface area (Å²) in [6, 6.07) is 0. The zero-order chi connectivity index (χ0) is 12.8. The number of nitrogens with one attached hydrogen (secondary N) is 1. The van der Waals surface area contributed by atoms with Gasteiger partial charge < -0.3 is 0 Å². The average molecular weight is 234 g/mol. The number of halogens is 3. The molecule has 1 rings (SSSR count). The van der Waals surface area contributed by atoms with Crippen molar-refractivity contribution in [3.8, 4) is 0 Å². The summed E-state index contributed by atoms with van der Waals surface area (Å²) in [4.78, 5) is 0. The van der Waals surface area contributed by atoms with Gasteiger partial charge in [-0.3, -0.25) is 5.10 Å². The molecule has 0 aliphatic carbocycles. The van der Waals surface area contributed by atoms with Gasteiger partial charge in [-0.05, 0) is 10.8 Å². The molecular formula is C11H17F3N2. The Morgan fingerprint density at radius 2 is 1.56 bits per heavy atom. The second-order valence-corrected chi connectivity index (χ2v) is 5.53. The fraction of sp³-hybridized carbons (Fsp3) is 0.727. The highest BCUT2D eigenvalue weighted by Gasteiger charge is 2.44. The van der Waals surface area contributed by atoms with Crippen LogP contribution in [0, 0.1) is 5.41 Å². The Labute approximate surface area is 93.2 Å². The highest BCUT2D eigenvalue weighted by Crippen LogP contribution is 2.44. The molecule has 0 spiro atoms. The summed E-state index contributed by atoms with van der Waals surface area (Å²) in [7, 11) is 0. The molecule has 0 aliphatic rings. The molecule has 0 aliphatic heterocycles. The summed E-state index contributed by atoms with van der Waals surface area (Å²) in [5, 5.41) is 5.57. The second-order valence-electron chi connectivity index (χ2n) is 5.53. The molecule has 0 saturated heterocycles. The quantitative estimate of drug-likeness (QED) is 0.787. The van der Waals surface area contributed by atoms with Crippen molar-refractivity contribution in [2.24, 2.45) is 5.41 Å². The van der Waals surface area contributed by atoms with Gasteiger partial charge in [0.25, 0.3) is 0 Å². The molecule has 0 unspecified atom stereocenters. The maximum Gasteiger partial charge on any atom is 0.433 e. The summed E-state index contributed by atoms with van der Waals surface area (Å²) in [5.41, 5.74) is -1.42. The minimum atomic E-state index is -4.38. The Balaban J connectivity index is 3.31. The maximum atomic E-state index is 12.7. The lowest BCUT2D eigenvalue weighted by Gasteiger charge is -2.39. The van der Waals surface area contributed by atoms with Gasteiger partial charge in [-0.15, -0.1) is 0 Å². The molecule has 0 saturated carbocycles. The normalized spacial score (nSPS) is 14.2. The van der Waals surface area contributed by atoms with Crippen molar-refractivity contribution < 1.29 is 13.2 Å². The Morgan fingerprint density at radius 1 is 1.06 bits per heavy atom. The Bertz CT molecular complexity index is 369. The number of hydrogen-bond donors (Lipinski definition) is 1. The number of nitrogens with zero attached hydrogens (tertiary/aromatic N) is 1. The van der Waals surface area contributed by atoms with E-state index in [1.54, 1.807) is 13.8 Å². The molecule has 0 aromatic carbocycles.